The molecule has 26 heavy (non-hydrogen) atoms. The molecule has 0 saturated heterocycles. The Hall–Kier alpha value is -2.83. The van der Waals surface area contributed by atoms with Crippen molar-refractivity contribution < 1.29 is 22.4 Å². The van der Waals surface area contributed by atoms with E-state index in [0.717, 1.165) is 11.9 Å². The van der Waals surface area contributed by atoms with Crippen LogP contribution in [0.15, 0.2) is 46.9 Å². The Bertz CT molecular complexity index is 930. The van der Waals surface area contributed by atoms with Gasteiger partial charge in [-0.1, -0.05) is 19.9 Å². The Morgan fingerprint density at radius 3 is 2.50 bits per heavy atom. The highest BCUT2D eigenvalue weighted by atomic mass is 19.4. The molecule has 0 fully saturated rings. The Balaban J connectivity index is 1.84. The third-order valence-electron chi connectivity index (χ3n) is 4.24. The normalized spacial score (nSPS) is 13.0. The van der Waals surface area contributed by atoms with Gasteiger partial charge in [-0.25, -0.2) is 4.98 Å². The van der Waals surface area contributed by atoms with Gasteiger partial charge in [0, 0.05) is 11.3 Å². The molecule has 1 aromatic heterocycles. The SMILES string of the molecule is CC[C@H](C)c1ccc2oc(-c3ccc(NC(=O)C(F)(F)F)cc3)nc2c1. The van der Waals surface area contributed by atoms with Gasteiger partial charge in [-0.3, -0.25) is 4.79 Å². The largest absolute Gasteiger partial charge is 0.471 e. The number of benzene rings is 2. The van der Waals surface area contributed by atoms with Gasteiger partial charge in [0.1, 0.15) is 5.52 Å². The van der Waals surface area contributed by atoms with Gasteiger partial charge in [0.15, 0.2) is 5.58 Å². The molecule has 0 aliphatic heterocycles. The van der Waals surface area contributed by atoms with Crippen LogP contribution in [0.5, 0.6) is 0 Å². The molecule has 0 aliphatic rings. The molecule has 0 saturated carbocycles. The zero-order valence-electron chi connectivity index (χ0n) is 14.2. The highest BCUT2D eigenvalue weighted by Crippen LogP contribution is 2.28. The van der Waals surface area contributed by atoms with E-state index in [-0.39, 0.29) is 5.69 Å². The van der Waals surface area contributed by atoms with E-state index >= 15 is 0 Å². The first kappa shape index (κ1) is 18.0. The quantitative estimate of drug-likeness (QED) is 0.666. The van der Waals surface area contributed by atoms with Crippen molar-refractivity contribution in [1.29, 1.82) is 0 Å². The summed E-state index contributed by atoms with van der Waals surface area (Å²) in [6.07, 6.45) is -3.91. The number of alkyl halides is 3. The molecule has 0 unspecified atom stereocenters. The van der Waals surface area contributed by atoms with Crippen molar-refractivity contribution in [2.24, 2.45) is 0 Å². The van der Waals surface area contributed by atoms with Crippen LogP contribution in [0.1, 0.15) is 31.7 Å². The number of hydrogen-bond donors (Lipinski definition) is 1. The molecule has 0 radical (unpaired) electrons. The maximum absolute atomic E-state index is 12.3. The first-order valence-electron chi connectivity index (χ1n) is 8.17. The van der Waals surface area contributed by atoms with Crippen LogP contribution >= 0.6 is 0 Å². The molecular weight excluding hydrogens is 345 g/mol. The molecular formula is C19H17F3N2O2. The van der Waals surface area contributed by atoms with Crippen molar-refractivity contribution in [3.05, 3.63) is 48.0 Å². The van der Waals surface area contributed by atoms with E-state index in [1.54, 1.807) is 17.4 Å². The van der Waals surface area contributed by atoms with Crippen LogP contribution in [0, 0.1) is 0 Å². The summed E-state index contributed by atoms with van der Waals surface area (Å²) in [4.78, 5) is 15.4. The molecule has 1 N–H and O–H groups in total. The van der Waals surface area contributed by atoms with Gasteiger partial charge in [-0.15, -0.1) is 0 Å². The average molecular weight is 362 g/mol. The van der Waals surface area contributed by atoms with Crippen molar-refractivity contribution in [1.82, 2.24) is 4.98 Å². The molecule has 2 aromatic carbocycles. The minimum Gasteiger partial charge on any atom is -0.436 e. The van der Waals surface area contributed by atoms with Crippen LogP contribution in [0.3, 0.4) is 0 Å². The van der Waals surface area contributed by atoms with E-state index in [0.29, 0.717) is 23.0 Å². The van der Waals surface area contributed by atoms with Crippen LogP contribution in [-0.4, -0.2) is 17.1 Å². The molecule has 0 bridgehead atoms. The summed E-state index contributed by atoms with van der Waals surface area (Å²) in [5, 5.41) is 1.80. The van der Waals surface area contributed by atoms with Crippen molar-refractivity contribution >= 4 is 22.7 Å². The highest BCUT2D eigenvalue weighted by molar-refractivity contribution is 5.95. The molecule has 1 heterocycles. The number of amides is 1. The van der Waals surface area contributed by atoms with Gasteiger partial charge in [-0.05, 0) is 54.3 Å². The number of aromatic nitrogens is 1. The van der Waals surface area contributed by atoms with Gasteiger partial charge in [0.05, 0.1) is 0 Å². The van der Waals surface area contributed by atoms with Gasteiger partial charge in [-0.2, -0.15) is 13.2 Å². The van der Waals surface area contributed by atoms with Crippen LogP contribution in [0.2, 0.25) is 0 Å². The summed E-state index contributed by atoms with van der Waals surface area (Å²) in [6.45, 7) is 4.25. The lowest BCUT2D eigenvalue weighted by Crippen LogP contribution is -2.29. The Morgan fingerprint density at radius 1 is 1.19 bits per heavy atom. The standard InChI is InChI=1S/C19H17F3N2O2/c1-3-11(2)13-6-9-16-15(10-13)24-17(26-16)12-4-7-14(8-5-12)23-18(25)19(20,21)22/h4-11H,3H2,1-2H3,(H,23,25)/t11-/m0/s1. The molecule has 0 spiro atoms. The van der Waals surface area contributed by atoms with E-state index in [9.17, 15) is 18.0 Å². The second kappa shape index (κ2) is 6.82. The molecule has 136 valence electrons. The van der Waals surface area contributed by atoms with Gasteiger partial charge >= 0.3 is 12.1 Å². The lowest BCUT2D eigenvalue weighted by Gasteiger charge is -2.07. The summed E-state index contributed by atoms with van der Waals surface area (Å²) >= 11 is 0. The average Bonchev–Trinajstić information content (AvgIpc) is 3.04. The first-order valence-corrected chi connectivity index (χ1v) is 8.17. The topological polar surface area (TPSA) is 55.1 Å². The minimum absolute atomic E-state index is 0.0474. The monoisotopic (exact) mass is 362 g/mol. The third-order valence-corrected chi connectivity index (χ3v) is 4.24. The predicted molar refractivity (Wildman–Crippen MR) is 92.8 cm³/mol. The van der Waals surface area contributed by atoms with Crippen LogP contribution in [-0.2, 0) is 4.79 Å². The van der Waals surface area contributed by atoms with Crippen LogP contribution in [0.25, 0.3) is 22.6 Å². The van der Waals surface area contributed by atoms with E-state index in [2.05, 4.69) is 18.8 Å². The second-order valence-electron chi connectivity index (χ2n) is 6.08. The highest BCUT2D eigenvalue weighted by Gasteiger charge is 2.38. The third kappa shape index (κ3) is 3.71. The molecule has 3 rings (SSSR count). The van der Waals surface area contributed by atoms with Crippen LogP contribution < -0.4 is 5.32 Å². The number of halogens is 3. The van der Waals surface area contributed by atoms with Crippen molar-refractivity contribution in [2.45, 2.75) is 32.4 Å². The fourth-order valence-corrected chi connectivity index (χ4v) is 2.51. The number of hydrogen-bond acceptors (Lipinski definition) is 3. The van der Waals surface area contributed by atoms with Crippen molar-refractivity contribution in [3.8, 4) is 11.5 Å². The number of oxazole rings is 1. The first-order chi connectivity index (χ1) is 12.3. The van der Waals surface area contributed by atoms with E-state index < -0.39 is 12.1 Å². The predicted octanol–water partition coefficient (Wildman–Crippen LogP) is 5.51. The number of carbonyl (C=O) groups excluding carboxylic acids is 1. The summed E-state index contributed by atoms with van der Waals surface area (Å²) < 4.78 is 42.5. The molecule has 3 aromatic rings. The summed E-state index contributed by atoms with van der Waals surface area (Å²) in [6, 6.07) is 11.7. The fraction of sp³-hybridized carbons (Fsp3) is 0.263. The number of carbonyl (C=O) groups is 1. The smallest absolute Gasteiger partial charge is 0.436 e. The number of nitrogens with one attached hydrogen (secondary N) is 1. The summed E-state index contributed by atoms with van der Waals surface area (Å²) in [7, 11) is 0. The van der Waals surface area contributed by atoms with Crippen molar-refractivity contribution in [2.75, 3.05) is 5.32 Å². The van der Waals surface area contributed by atoms with Gasteiger partial charge < -0.3 is 9.73 Å². The summed E-state index contributed by atoms with van der Waals surface area (Å²) in [5.74, 6) is -1.23. The zero-order valence-corrected chi connectivity index (χ0v) is 14.2. The minimum atomic E-state index is -4.92. The Kier molecular flexibility index (Phi) is 4.71. The Labute approximate surface area is 148 Å². The van der Waals surface area contributed by atoms with Gasteiger partial charge in [0.2, 0.25) is 5.89 Å². The number of fused-ring (bicyclic) bond motifs is 1. The van der Waals surface area contributed by atoms with E-state index in [1.165, 1.54) is 17.7 Å². The number of anilines is 1. The number of rotatable bonds is 4. The molecule has 1 atom stereocenters. The van der Waals surface area contributed by atoms with Gasteiger partial charge in [0.25, 0.3) is 0 Å². The number of nitrogens with zero attached hydrogens (tertiary/aromatic N) is 1. The molecule has 4 nitrogen and oxygen atoms in total. The molecule has 1 amide bonds. The maximum atomic E-state index is 12.3. The maximum Gasteiger partial charge on any atom is 0.471 e. The molecule has 0 aliphatic carbocycles. The lowest BCUT2D eigenvalue weighted by atomic mass is 9.98. The van der Waals surface area contributed by atoms with E-state index in [1.807, 2.05) is 18.2 Å². The van der Waals surface area contributed by atoms with Crippen LogP contribution in [0.4, 0.5) is 18.9 Å². The molecule has 7 heteroatoms. The Morgan fingerprint density at radius 2 is 1.88 bits per heavy atom. The fourth-order valence-electron chi connectivity index (χ4n) is 2.51. The van der Waals surface area contributed by atoms with E-state index in [4.69, 9.17) is 4.42 Å². The van der Waals surface area contributed by atoms with Crippen molar-refractivity contribution in [3.63, 3.8) is 0 Å². The lowest BCUT2D eigenvalue weighted by molar-refractivity contribution is -0.167. The summed E-state index contributed by atoms with van der Waals surface area (Å²) in [5.41, 5.74) is 3.20. The zero-order chi connectivity index (χ0) is 18.9. The second-order valence-corrected chi connectivity index (χ2v) is 6.08.